The van der Waals surface area contributed by atoms with Crippen molar-refractivity contribution in [1.82, 2.24) is 15.1 Å². The molecule has 0 saturated heterocycles. The van der Waals surface area contributed by atoms with Gasteiger partial charge in [0.15, 0.2) is 0 Å². The van der Waals surface area contributed by atoms with Gasteiger partial charge >= 0.3 is 6.18 Å². The summed E-state index contributed by atoms with van der Waals surface area (Å²) in [5.41, 5.74) is -0.0726. The van der Waals surface area contributed by atoms with Crippen LogP contribution in [-0.4, -0.2) is 15.1 Å². The van der Waals surface area contributed by atoms with Gasteiger partial charge in [0, 0.05) is 11.8 Å². The Balaban J connectivity index is 1.97. The Morgan fingerprint density at radius 1 is 1.00 bits per heavy atom. The van der Waals surface area contributed by atoms with Crippen LogP contribution in [0.1, 0.15) is 5.56 Å². The highest BCUT2D eigenvalue weighted by Gasteiger charge is 2.30. The zero-order valence-corrected chi connectivity index (χ0v) is 10.5. The molecule has 4 nitrogen and oxygen atoms in total. The lowest BCUT2D eigenvalue weighted by atomic mass is 10.1. The first-order valence-electron chi connectivity index (χ1n) is 5.97. The van der Waals surface area contributed by atoms with Crippen LogP contribution in [0.5, 0.6) is 0 Å². The van der Waals surface area contributed by atoms with Crippen molar-refractivity contribution in [3.05, 3.63) is 54.2 Å². The van der Waals surface area contributed by atoms with Crippen LogP contribution in [0.4, 0.5) is 13.2 Å². The van der Waals surface area contributed by atoms with E-state index in [9.17, 15) is 13.2 Å². The van der Waals surface area contributed by atoms with Gasteiger partial charge in [0.1, 0.15) is 5.69 Å². The van der Waals surface area contributed by atoms with E-state index >= 15 is 0 Å². The number of hydrogen-bond donors (Lipinski definition) is 0. The van der Waals surface area contributed by atoms with Gasteiger partial charge in [-0.15, -0.1) is 0 Å². The zero-order valence-electron chi connectivity index (χ0n) is 10.5. The average Bonchev–Trinajstić information content (AvgIpc) is 2.97. The summed E-state index contributed by atoms with van der Waals surface area (Å²) >= 11 is 0. The molecule has 0 bridgehead atoms. The molecule has 7 heteroatoms. The summed E-state index contributed by atoms with van der Waals surface area (Å²) in [5, 5.41) is 3.72. The summed E-state index contributed by atoms with van der Waals surface area (Å²) < 4.78 is 43.0. The first-order valence-corrected chi connectivity index (χ1v) is 5.97. The predicted molar refractivity (Wildman–Crippen MR) is 68.0 cm³/mol. The molecule has 0 amide bonds. The number of nitrogens with zero attached hydrogens (tertiary/aromatic N) is 3. The summed E-state index contributed by atoms with van der Waals surface area (Å²) in [4.78, 5) is 8.11. The van der Waals surface area contributed by atoms with Crippen LogP contribution < -0.4 is 0 Å². The van der Waals surface area contributed by atoms with E-state index in [0.29, 0.717) is 5.69 Å². The highest BCUT2D eigenvalue weighted by atomic mass is 19.4. The normalized spacial score (nSPS) is 11.6. The van der Waals surface area contributed by atoms with Crippen molar-refractivity contribution < 1.29 is 17.7 Å². The number of rotatable bonds is 2. The molecule has 1 aromatic carbocycles. The third-order valence-corrected chi connectivity index (χ3v) is 2.76. The number of aromatic nitrogens is 3. The van der Waals surface area contributed by atoms with E-state index < -0.39 is 11.7 Å². The van der Waals surface area contributed by atoms with E-state index in [2.05, 4.69) is 15.1 Å². The van der Waals surface area contributed by atoms with Crippen molar-refractivity contribution >= 4 is 0 Å². The van der Waals surface area contributed by atoms with Crippen LogP contribution in [0, 0.1) is 0 Å². The molecular weight excluding hydrogens is 283 g/mol. The highest BCUT2D eigenvalue weighted by Crippen LogP contribution is 2.32. The van der Waals surface area contributed by atoms with Gasteiger partial charge in [0.05, 0.1) is 5.56 Å². The Bertz CT molecular complexity index is 753. The van der Waals surface area contributed by atoms with Crippen LogP contribution >= 0.6 is 0 Å². The molecule has 3 rings (SSSR count). The smallest absolute Gasteiger partial charge is 0.334 e. The molecule has 0 aliphatic heterocycles. The Kier molecular flexibility index (Phi) is 3.17. The van der Waals surface area contributed by atoms with Crippen molar-refractivity contribution in [2.24, 2.45) is 0 Å². The predicted octanol–water partition coefficient (Wildman–Crippen LogP) is 3.82. The van der Waals surface area contributed by atoms with E-state index in [0.717, 1.165) is 12.1 Å². The Morgan fingerprint density at radius 3 is 2.57 bits per heavy atom. The quantitative estimate of drug-likeness (QED) is 0.720. The first-order chi connectivity index (χ1) is 10.0. The van der Waals surface area contributed by atoms with E-state index in [1.807, 2.05) is 0 Å². The van der Waals surface area contributed by atoms with Crippen LogP contribution in [0.3, 0.4) is 0 Å². The van der Waals surface area contributed by atoms with Crippen LogP contribution in [0.25, 0.3) is 23.0 Å². The summed E-state index contributed by atoms with van der Waals surface area (Å²) in [5.74, 6) is 0.241. The maximum Gasteiger partial charge on any atom is 0.416 e. The van der Waals surface area contributed by atoms with E-state index in [1.54, 1.807) is 24.4 Å². The average molecular weight is 291 g/mol. The van der Waals surface area contributed by atoms with Crippen LogP contribution in [-0.2, 0) is 6.18 Å². The van der Waals surface area contributed by atoms with Gasteiger partial charge in [-0.25, -0.2) is 0 Å². The minimum Gasteiger partial charge on any atom is -0.334 e. The van der Waals surface area contributed by atoms with Crippen LogP contribution in [0.2, 0.25) is 0 Å². The van der Waals surface area contributed by atoms with E-state index in [4.69, 9.17) is 4.52 Å². The lowest BCUT2D eigenvalue weighted by molar-refractivity contribution is -0.137. The van der Waals surface area contributed by atoms with Crippen molar-refractivity contribution in [2.75, 3.05) is 0 Å². The molecule has 21 heavy (non-hydrogen) atoms. The molecule has 3 aromatic rings. The lowest BCUT2D eigenvalue weighted by Gasteiger charge is -2.06. The second kappa shape index (κ2) is 5.01. The molecular formula is C14H8F3N3O. The molecule has 0 atom stereocenters. The summed E-state index contributed by atoms with van der Waals surface area (Å²) in [6.07, 6.45) is -2.85. The fourth-order valence-corrected chi connectivity index (χ4v) is 1.77. The molecule has 2 aromatic heterocycles. The number of pyridine rings is 1. The largest absolute Gasteiger partial charge is 0.416 e. The summed E-state index contributed by atoms with van der Waals surface area (Å²) in [6, 6.07) is 9.89. The fraction of sp³-hybridized carbons (Fsp3) is 0.0714. The number of alkyl halides is 3. The van der Waals surface area contributed by atoms with Gasteiger partial charge in [-0.1, -0.05) is 17.3 Å². The van der Waals surface area contributed by atoms with Crippen molar-refractivity contribution in [2.45, 2.75) is 6.18 Å². The van der Waals surface area contributed by atoms with Crippen molar-refractivity contribution in [1.29, 1.82) is 0 Å². The zero-order chi connectivity index (χ0) is 14.9. The van der Waals surface area contributed by atoms with Crippen LogP contribution in [0.15, 0.2) is 53.2 Å². The van der Waals surface area contributed by atoms with Gasteiger partial charge in [-0.05, 0) is 30.3 Å². The molecule has 0 N–H and O–H groups in total. The topological polar surface area (TPSA) is 51.8 Å². The van der Waals surface area contributed by atoms with Gasteiger partial charge < -0.3 is 4.52 Å². The first kappa shape index (κ1) is 13.3. The van der Waals surface area contributed by atoms with Crippen molar-refractivity contribution in [3.8, 4) is 23.0 Å². The third-order valence-electron chi connectivity index (χ3n) is 2.76. The molecule has 2 heterocycles. The number of benzene rings is 1. The van der Waals surface area contributed by atoms with Gasteiger partial charge in [0.25, 0.3) is 5.89 Å². The minimum atomic E-state index is -4.42. The van der Waals surface area contributed by atoms with Gasteiger partial charge in [0.2, 0.25) is 5.82 Å². The highest BCUT2D eigenvalue weighted by molar-refractivity contribution is 5.58. The molecule has 0 radical (unpaired) electrons. The molecule has 106 valence electrons. The monoisotopic (exact) mass is 291 g/mol. The second-order valence-electron chi connectivity index (χ2n) is 4.22. The molecule has 0 unspecified atom stereocenters. The molecule has 0 aliphatic carbocycles. The van der Waals surface area contributed by atoms with Gasteiger partial charge in [-0.2, -0.15) is 18.2 Å². The summed E-state index contributed by atoms with van der Waals surface area (Å²) in [6.45, 7) is 0. The molecule has 0 aliphatic rings. The number of halogens is 3. The van der Waals surface area contributed by atoms with Crippen molar-refractivity contribution in [3.63, 3.8) is 0 Å². The SMILES string of the molecule is FC(F)(F)c1cccc(-c2nc(-c3ccccn3)no2)c1. The van der Waals surface area contributed by atoms with E-state index in [-0.39, 0.29) is 17.3 Å². The Labute approximate surface area is 117 Å². The van der Waals surface area contributed by atoms with E-state index in [1.165, 1.54) is 12.1 Å². The maximum absolute atomic E-state index is 12.7. The molecule has 0 saturated carbocycles. The summed E-state index contributed by atoms with van der Waals surface area (Å²) in [7, 11) is 0. The Hall–Kier alpha value is -2.70. The third kappa shape index (κ3) is 2.76. The Morgan fingerprint density at radius 2 is 1.86 bits per heavy atom. The second-order valence-corrected chi connectivity index (χ2v) is 4.22. The van der Waals surface area contributed by atoms with Gasteiger partial charge in [-0.3, -0.25) is 4.98 Å². The minimum absolute atomic E-state index is 0.0155. The molecule has 0 fully saturated rings. The fourth-order valence-electron chi connectivity index (χ4n) is 1.77. The number of hydrogen-bond acceptors (Lipinski definition) is 4. The molecule has 0 spiro atoms. The standard InChI is InChI=1S/C14H8F3N3O/c15-14(16,17)10-5-3-4-9(8-10)13-19-12(20-21-13)11-6-1-2-7-18-11/h1-8H. The maximum atomic E-state index is 12.7. The lowest BCUT2D eigenvalue weighted by Crippen LogP contribution is -2.04.